The molecular weight excluding hydrogens is 932 g/mol. The summed E-state index contributed by atoms with van der Waals surface area (Å²) in [5.41, 5.74) is 7.15. The summed E-state index contributed by atoms with van der Waals surface area (Å²) in [5.74, 6) is -1.10. The van der Waals surface area contributed by atoms with Gasteiger partial charge in [-0.15, -0.1) is 0 Å². The molecule has 4 N–H and O–H groups in total. The van der Waals surface area contributed by atoms with Crippen LogP contribution in [0.3, 0.4) is 0 Å². The van der Waals surface area contributed by atoms with Gasteiger partial charge in [0, 0.05) is 53.4 Å². The molecule has 2 amide bonds. The Morgan fingerprint density at radius 3 is 0.932 bits per heavy atom. The zero-order valence-electron chi connectivity index (χ0n) is 42.0. The van der Waals surface area contributed by atoms with Gasteiger partial charge in [0.2, 0.25) is 11.8 Å². The van der Waals surface area contributed by atoms with Crippen molar-refractivity contribution in [1.29, 1.82) is 0 Å². The van der Waals surface area contributed by atoms with Crippen LogP contribution < -0.4 is 10.9 Å². The van der Waals surface area contributed by atoms with Crippen LogP contribution >= 0.6 is 0 Å². The molecule has 10 nitrogen and oxygen atoms in total. The van der Waals surface area contributed by atoms with Crippen molar-refractivity contribution in [3.63, 3.8) is 0 Å². The van der Waals surface area contributed by atoms with Gasteiger partial charge in [0.25, 0.3) is 0 Å². The number of nitrogens with zero attached hydrogens (tertiary/aromatic N) is 4. The highest BCUT2D eigenvalue weighted by Gasteiger charge is 2.24. The van der Waals surface area contributed by atoms with Gasteiger partial charge in [-0.05, 0) is 137 Å². The predicted octanol–water partition coefficient (Wildman–Crippen LogP) is 7.60. The molecule has 0 unspecified atom stereocenters. The lowest BCUT2D eigenvalue weighted by Gasteiger charge is -2.25. The van der Waals surface area contributed by atoms with Crippen molar-refractivity contribution in [2.24, 2.45) is 0 Å². The Balaban J connectivity index is 0.920. The maximum Gasteiger partial charge on any atom is 0.488 e. The SMILES string of the molecule is CN(Cc1cc(F)ccc1B(O)O)Cc1c2ccccc2c(CN(C)C(=O)Cc2ccccc2CC(=O)N(C)Cc2c3ccccc3c(CN(C)Cc3cc(F)ccc3B(O)O)c3ccccc23)c2ccccc12. The minimum atomic E-state index is -1.73. The van der Waals surface area contributed by atoms with Gasteiger partial charge >= 0.3 is 14.2 Å². The molecule has 374 valence electrons. The highest BCUT2D eigenvalue weighted by Crippen LogP contribution is 2.37. The topological polar surface area (TPSA) is 128 Å². The van der Waals surface area contributed by atoms with Crippen LogP contribution in [0.2, 0.25) is 0 Å². The number of carbonyl (C=O) groups excluding carboxylic acids is 2. The van der Waals surface area contributed by atoms with E-state index in [1.54, 1.807) is 9.80 Å². The number of likely N-dealkylation sites (N-methyl/N-ethyl adjacent to an activating group) is 2. The summed E-state index contributed by atoms with van der Waals surface area (Å²) >= 11 is 0. The molecule has 0 aliphatic heterocycles. The van der Waals surface area contributed by atoms with Crippen molar-refractivity contribution in [2.75, 3.05) is 28.2 Å². The second-order valence-corrected chi connectivity index (χ2v) is 19.5. The fraction of sp³-hybridized carbons (Fsp3) is 0.200. The largest absolute Gasteiger partial charge is 0.488 e. The third kappa shape index (κ3) is 11.1. The summed E-state index contributed by atoms with van der Waals surface area (Å²) in [4.78, 5) is 36.1. The van der Waals surface area contributed by atoms with E-state index < -0.39 is 25.9 Å². The zero-order valence-corrected chi connectivity index (χ0v) is 42.0. The molecular formula is C60H58B2F2N4O6. The molecule has 9 aromatic rings. The standard InChI is InChI=1S/C60H58B2F2N4O6/c1-65(33-41-29-43(63)25-27-57(41)61(71)72)35-53-45-17-7-11-21-49(45)55(50-22-12-8-18-46(50)53)37-67(3)59(69)31-39-15-5-6-16-40(39)32-60(70)68(4)38-56-51-23-13-9-19-47(51)54(48-20-10-14-24-52(48)56)36-66(2)34-42-30-44(64)26-28-58(42)62(73)74/h5-30,71-74H,31-38H2,1-4H3. The van der Waals surface area contributed by atoms with Crippen LogP contribution in [0.5, 0.6) is 0 Å². The number of benzene rings is 9. The molecule has 0 aliphatic rings. The minimum Gasteiger partial charge on any atom is -0.423 e. The summed E-state index contributed by atoms with van der Waals surface area (Å²) in [6, 6.07) is 48.0. The number of halogens is 2. The smallest absolute Gasteiger partial charge is 0.423 e. The number of amides is 2. The van der Waals surface area contributed by atoms with Crippen molar-refractivity contribution in [3.05, 3.63) is 214 Å². The minimum absolute atomic E-state index is 0.0965. The van der Waals surface area contributed by atoms with E-state index in [1.807, 2.05) is 111 Å². The Morgan fingerprint density at radius 2 is 0.649 bits per heavy atom. The maximum atomic E-state index is 14.3. The third-order valence-corrected chi connectivity index (χ3v) is 14.3. The van der Waals surface area contributed by atoms with Crippen molar-refractivity contribution in [2.45, 2.75) is 52.1 Å². The van der Waals surface area contributed by atoms with E-state index in [0.717, 1.165) is 76.5 Å². The van der Waals surface area contributed by atoms with Crippen LogP contribution in [-0.2, 0) is 61.7 Å². The molecule has 0 aromatic heterocycles. The van der Waals surface area contributed by atoms with Crippen molar-refractivity contribution < 1.29 is 38.5 Å². The number of rotatable bonds is 18. The van der Waals surface area contributed by atoms with Crippen molar-refractivity contribution >= 4 is 80.1 Å². The lowest BCUT2D eigenvalue weighted by molar-refractivity contribution is -0.130. The number of hydrogen-bond donors (Lipinski definition) is 4. The van der Waals surface area contributed by atoms with E-state index >= 15 is 0 Å². The average Bonchev–Trinajstić information content (AvgIpc) is 3.38. The Hall–Kier alpha value is -7.29. The van der Waals surface area contributed by atoms with Crippen molar-refractivity contribution in [3.8, 4) is 0 Å². The lowest BCUT2D eigenvalue weighted by Crippen LogP contribution is -2.35. The first-order valence-electron chi connectivity index (χ1n) is 24.7. The second-order valence-electron chi connectivity index (χ2n) is 19.5. The first-order valence-corrected chi connectivity index (χ1v) is 24.7. The van der Waals surface area contributed by atoms with Gasteiger partial charge in [-0.2, -0.15) is 0 Å². The van der Waals surface area contributed by atoms with E-state index in [-0.39, 0.29) is 48.7 Å². The molecule has 0 radical (unpaired) electrons. The normalized spacial score (nSPS) is 11.6. The highest BCUT2D eigenvalue weighted by molar-refractivity contribution is 6.59. The van der Waals surface area contributed by atoms with Crippen LogP contribution in [0.15, 0.2) is 158 Å². The molecule has 0 aliphatic carbocycles. The number of carbonyl (C=O) groups is 2. The molecule has 14 heteroatoms. The summed E-state index contributed by atoms with van der Waals surface area (Å²) in [5, 5.41) is 48.1. The molecule has 0 fully saturated rings. The van der Waals surface area contributed by atoms with E-state index in [1.165, 1.54) is 36.4 Å². The van der Waals surface area contributed by atoms with Gasteiger partial charge in [-0.3, -0.25) is 19.4 Å². The number of fused-ring (bicyclic) bond motifs is 4. The summed E-state index contributed by atoms with van der Waals surface area (Å²) in [6.07, 6.45) is 0.193. The van der Waals surface area contributed by atoms with E-state index in [4.69, 9.17) is 0 Å². The van der Waals surface area contributed by atoms with Gasteiger partial charge in [0.15, 0.2) is 0 Å². The van der Waals surface area contributed by atoms with E-state index in [0.29, 0.717) is 37.3 Å². The molecule has 9 aromatic carbocycles. The van der Waals surface area contributed by atoms with Crippen LogP contribution in [-0.4, -0.2) is 93.9 Å². The molecule has 0 bridgehead atoms. The first kappa shape index (κ1) is 51.6. The van der Waals surface area contributed by atoms with Gasteiger partial charge in [-0.1, -0.05) is 133 Å². The Morgan fingerprint density at radius 1 is 0.378 bits per heavy atom. The number of hydrogen-bond acceptors (Lipinski definition) is 8. The molecule has 0 atom stereocenters. The fourth-order valence-corrected chi connectivity index (χ4v) is 10.6. The first-order chi connectivity index (χ1) is 35.6. The van der Waals surface area contributed by atoms with Crippen LogP contribution in [0.25, 0.3) is 43.1 Å². The van der Waals surface area contributed by atoms with Crippen LogP contribution in [0.4, 0.5) is 8.78 Å². The second kappa shape index (κ2) is 22.4. The molecule has 0 heterocycles. The Labute approximate surface area is 430 Å². The molecule has 0 saturated carbocycles. The lowest BCUT2D eigenvalue weighted by atomic mass is 9.77. The molecule has 9 rings (SSSR count). The van der Waals surface area contributed by atoms with Crippen LogP contribution in [0, 0.1) is 11.6 Å². The molecule has 0 saturated heterocycles. The summed E-state index contributed by atoms with van der Waals surface area (Å²) in [6.45, 7) is 2.19. The summed E-state index contributed by atoms with van der Waals surface area (Å²) < 4.78 is 28.7. The maximum absolute atomic E-state index is 14.3. The molecule has 74 heavy (non-hydrogen) atoms. The third-order valence-electron chi connectivity index (χ3n) is 14.3. The van der Waals surface area contributed by atoms with Gasteiger partial charge in [0.1, 0.15) is 11.6 Å². The van der Waals surface area contributed by atoms with Gasteiger partial charge in [0.05, 0.1) is 12.8 Å². The zero-order chi connectivity index (χ0) is 52.2. The van der Waals surface area contributed by atoms with E-state index in [9.17, 15) is 38.5 Å². The monoisotopic (exact) mass is 990 g/mol. The average molecular weight is 991 g/mol. The predicted molar refractivity (Wildman–Crippen MR) is 292 cm³/mol. The Kier molecular flexibility index (Phi) is 15.7. The molecule has 0 spiro atoms. The summed E-state index contributed by atoms with van der Waals surface area (Å²) in [7, 11) is 3.99. The highest BCUT2D eigenvalue weighted by atomic mass is 19.1. The quantitative estimate of drug-likeness (QED) is 0.0512. The van der Waals surface area contributed by atoms with Crippen LogP contribution in [0.1, 0.15) is 44.5 Å². The van der Waals surface area contributed by atoms with Gasteiger partial charge < -0.3 is 29.9 Å². The van der Waals surface area contributed by atoms with E-state index in [2.05, 4.69) is 48.5 Å². The Bertz CT molecular complexity index is 3210. The van der Waals surface area contributed by atoms with Crippen molar-refractivity contribution in [1.82, 2.24) is 19.6 Å². The van der Waals surface area contributed by atoms with Gasteiger partial charge in [-0.25, -0.2) is 8.78 Å². The fourth-order valence-electron chi connectivity index (χ4n) is 10.6.